The minimum absolute atomic E-state index is 0.0165. The lowest BCUT2D eigenvalue weighted by atomic mass is 9.85. The summed E-state index contributed by atoms with van der Waals surface area (Å²) >= 11 is 13.9. The second-order valence-corrected chi connectivity index (χ2v) is 10.5. The summed E-state index contributed by atoms with van der Waals surface area (Å²) in [5, 5.41) is 1.86. The van der Waals surface area contributed by atoms with Crippen molar-refractivity contribution in [2.45, 2.75) is 38.6 Å². The van der Waals surface area contributed by atoms with E-state index in [0.29, 0.717) is 38.0 Å². The second-order valence-electron chi connectivity index (χ2n) is 8.67. The minimum Gasteiger partial charge on any atom is -0.457 e. The number of para-hydroxylation sites is 1. The zero-order valence-corrected chi connectivity index (χ0v) is 21.0. The first-order valence-corrected chi connectivity index (χ1v) is 13.0. The third-order valence-corrected chi connectivity index (χ3v) is 7.86. The number of carbonyl (C=O) groups is 1. The number of thioether (sulfide) groups is 1. The van der Waals surface area contributed by atoms with Gasteiger partial charge in [-0.2, -0.15) is 0 Å². The number of amides is 1. The molecule has 2 aliphatic rings. The van der Waals surface area contributed by atoms with Gasteiger partial charge >= 0.3 is 0 Å². The average molecular weight is 511 g/mol. The van der Waals surface area contributed by atoms with E-state index in [-0.39, 0.29) is 11.9 Å². The van der Waals surface area contributed by atoms with E-state index >= 15 is 0 Å². The summed E-state index contributed by atoms with van der Waals surface area (Å²) in [6.07, 6.45) is 6.25. The molecule has 1 aliphatic heterocycles. The van der Waals surface area contributed by atoms with Gasteiger partial charge in [-0.15, -0.1) is 0 Å². The highest BCUT2D eigenvalue weighted by molar-refractivity contribution is 8.18. The lowest BCUT2D eigenvalue weighted by Gasteiger charge is -2.35. The molecule has 2 atom stereocenters. The number of benzene rings is 2. The number of carbonyl (C=O) groups excluding carboxylic acids is 1. The molecule has 0 spiro atoms. The molecule has 0 N–H and O–H groups in total. The quantitative estimate of drug-likeness (QED) is 0.330. The predicted molar refractivity (Wildman–Crippen MR) is 142 cm³/mol. The summed E-state index contributed by atoms with van der Waals surface area (Å²) < 4.78 is 6.03. The molecule has 0 bridgehead atoms. The normalized spacial score (nSPS) is 23.3. The molecule has 0 unspecified atom stereocenters. The number of hydrogen-bond donors (Lipinski definition) is 0. The summed E-state index contributed by atoms with van der Waals surface area (Å²) in [5.41, 5.74) is 1.55. The monoisotopic (exact) mass is 510 g/mol. The van der Waals surface area contributed by atoms with Gasteiger partial charge in [-0.1, -0.05) is 61.2 Å². The number of hydrogen-bond acceptors (Lipinski definition) is 4. The molecular formula is C27H24Cl2N2O2S. The van der Waals surface area contributed by atoms with Crippen LogP contribution in [0.25, 0.3) is 17.4 Å². The first-order chi connectivity index (χ1) is 16.5. The van der Waals surface area contributed by atoms with E-state index in [0.717, 1.165) is 30.1 Å². The lowest BCUT2D eigenvalue weighted by molar-refractivity contribution is -0.124. The Labute approximate surface area is 213 Å². The van der Waals surface area contributed by atoms with Crippen molar-refractivity contribution in [2.75, 3.05) is 0 Å². The maximum Gasteiger partial charge on any atom is 0.267 e. The Bertz CT molecular complexity index is 1270. The number of nitrogens with zero attached hydrogens (tertiary/aromatic N) is 2. The van der Waals surface area contributed by atoms with Gasteiger partial charge in [0, 0.05) is 22.7 Å². The molecule has 1 aromatic heterocycles. The molecule has 2 heterocycles. The Kier molecular flexibility index (Phi) is 6.87. The minimum atomic E-state index is -0.0165. The van der Waals surface area contributed by atoms with E-state index in [1.165, 1.54) is 18.2 Å². The molecule has 7 heteroatoms. The van der Waals surface area contributed by atoms with Gasteiger partial charge in [0.1, 0.15) is 11.5 Å². The second kappa shape index (κ2) is 10.0. The van der Waals surface area contributed by atoms with Crippen LogP contribution in [0, 0.1) is 5.92 Å². The zero-order chi connectivity index (χ0) is 23.7. The van der Waals surface area contributed by atoms with Crippen LogP contribution in [0.4, 0.5) is 5.69 Å². The highest BCUT2D eigenvalue weighted by Crippen LogP contribution is 2.40. The zero-order valence-electron chi connectivity index (χ0n) is 18.7. The number of halogens is 2. The average Bonchev–Trinajstić information content (AvgIpc) is 3.41. The van der Waals surface area contributed by atoms with Crippen LogP contribution in [-0.2, 0) is 4.79 Å². The maximum atomic E-state index is 13.6. The largest absolute Gasteiger partial charge is 0.457 e. The summed E-state index contributed by atoms with van der Waals surface area (Å²) in [6.45, 7) is 2.23. The van der Waals surface area contributed by atoms with Crippen LogP contribution in [-0.4, -0.2) is 22.0 Å². The fourth-order valence-electron chi connectivity index (χ4n) is 4.54. The molecule has 1 aliphatic carbocycles. The molecule has 1 saturated heterocycles. The molecule has 2 fully saturated rings. The molecule has 174 valence electrons. The highest BCUT2D eigenvalue weighted by Gasteiger charge is 2.41. The van der Waals surface area contributed by atoms with Crippen LogP contribution >= 0.6 is 35.0 Å². The van der Waals surface area contributed by atoms with Crippen molar-refractivity contribution in [1.82, 2.24) is 4.90 Å². The fourth-order valence-corrected chi connectivity index (χ4v) is 5.95. The standard InChI is InChI=1S/C27H24Cl2N2O2S/c1-17-7-5-6-10-23(17)31-26(32)25(34-27(31)30-19-8-3-2-4-9-19)16-20-12-14-24(33-20)21-15-18(28)11-13-22(21)29/h2-4,8-9,11-17,23H,5-7,10H2,1H3/b25-16-,30-27?/t17-,23+/m0/s1. The Balaban J connectivity index is 1.49. The van der Waals surface area contributed by atoms with Gasteiger partial charge in [0.2, 0.25) is 0 Å². The Hall–Kier alpha value is -2.47. The van der Waals surface area contributed by atoms with Gasteiger partial charge in [-0.25, -0.2) is 4.99 Å². The summed E-state index contributed by atoms with van der Waals surface area (Å²) in [4.78, 5) is 21.0. The molecule has 4 nitrogen and oxygen atoms in total. The van der Waals surface area contributed by atoms with E-state index < -0.39 is 0 Å². The van der Waals surface area contributed by atoms with Crippen molar-refractivity contribution in [3.05, 3.63) is 81.4 Å². The predicted octanol–water partition coefficient (Wildman–Crippen LogP) is 8.44. The van der Waals surface area contributed by atoms with E-state index in [9.17, 15) is 4.79 Å². The van der Waals surface area contributed by atoms with Crippen molar-refractivity contribution in [1.29, 1.82) is 0 Å². The number of aliphatic imine (C=N–C) groups is 1. The lowest BCUT2D eigenvalue weighted by Crippen LogP contribution is -2.44. The Morgan fingerprint density at radius 3 is 2.65 bits per heavy atom. The molecule has 3 aromatic rings. The first-order valence-electron chi connectivity index (χ1n) is 11.4. The van der Waals surface area contributed by atoms with E-state index in [1.807, 2.05) is 47.4 Å². The highest BCUT2D eigenvalue weighted by atomic mass is 35.5. The van der Waals surface area contributed by atoms with Gasteiger partial charge in [0.25, 0.3) is 5.91 Å². The number of rotatable bonds is 4. The van der Waals surface area contributed by atoms with Crippen LogP contribution in [0.1, 0.15) is 38.4 Å². The van der Waals surface area contributed by atoms with Gasteiger partial charge < -0.3 is 4.42 Å². The van der Waals surface area contributed by atoms with Crippen molar-refractivity contribution in [3.63, 3.8) is 0 Å². The van der Waals surface area contributed by atoms with Crippen LogP contribution in [0.5, 0.6) is 0 Å². The molecule has 34 heavy (non-hydrogen) atoms. The summed E-state index contributed by atoms with van der Waals surface area (Å²) in [5.74, 6) is 1.60. The third kappa shape index (κ3) is 4.83. The number of amidine groups is 1. The van der Waals surface area contributed by atoms with Crippen molar-refractivity contribution in [3.8, 4) is 11.3 Å². The fraction of sp³-hybridized carbons (Fsp3) is 0.259. The topological polar surface area (TPSA) is 45.8 Å². The SMILES string of the molecule is C[C@H]1CCCC[C@H]1N1C(=O)/C(=C/c2ccc(-c3cc(Cl)ccc3Cl)o2)SC1=Nc1ccccc1. The van der Waals surface area contributed by atoms with E-state index in [2.05, 4.69) is 6.92 Å². The van der Waals surface area contributed by atoms with Crippen molar-refractivity contribution in [2.24, 2.45) is 10.9 Å². The number of furan rings is 1. The van der Waals surface area contributed by atoms with Gasteiger partial charge in [-0.3, -0.25) is 9.69 Å². The van der Waals surface area contributed by atoms with Crippen molar-refractivity contribution < 1.29 is 9.21 Å². The van der Waals surface area contributed by atoms with E-state index in [1.54, 1.807) is 24.3 Å². The third-order valence-electron chi connectivity index (χ3n) is 6.31. The molecule has 1 amide bonds. The molecule has 1 saturated carbocycles. The first kappa shape index (κ1) is 23.3. The smallest absolute Gasteiger partial charge is 0.267 e. The maximum absolute atomic E-state index is 13.6. The molecule has 5 rings (SSSR count). The van der Waals surface area contributed by atoms with Crippen molar-refractivity contribution >= 4 is 57.8 Å². The van der Waals surface area contributed by atoms with Gasteiger partial charge in [-0.05, 0) is 73.0 Å². The molecule has 2 aromatic carbocycles. The van der Waals surface area contributed by atoms with Gasteiger partial charge in [0.05, 0.1) is 15.6 Å². The molecular weight excluding hydrogens is 487 g/mol. The van der Waals surface area contributed by atoms with Crippen LogP contribution in [0.15, 0.2) is 75.0 Å². The van der Waals surface area contributed by atoms with Crippen LogP contribution in [0.2, 0.25) is 10.0 Å². The van der Waals surface area contributed by atoms with Crippen LogP contribution < -0.4 is 0 Å². The van der Waals surface area contributed by atoms with Gasteiger partial charge in [0.15, 0.2) is 5.17 Å². The molecule has 0 radical (unpaired) electrons. The van der Waals surface area contributed by atoms with E-state index in [4.69, 9.17) is 32.6 Å². The Morgan fingerprint density at radius 2 is 1.85 bits per heavy atom. The summed E-state index contributed by atoms with van der Waals surface area (Å²) in [6, 6.07) is 18.9. The van der Waals surface area contributed by atoms with Crippen LogP contribution in [0.3, 0.4) is 0 Å². The Morgan fingerprint density at radius 1 is 1.06 bits per heavy atom. The summed E-state index contributed by atoms with van der Waals surface area (Å²) in [7, 11) is 0.